The van der Waals surface area contributed by atoms with Crippen LogP contribution in [0.5, 0.6) is 0 Å². The molecule has 5 nitrogen and oxygen atoms in total. The fraction of sp³-hybridized carbons (Fsp3) is 0.275. The summed E-state index contributed by atoms with van der Waals surface area (Å²) in [6.45, 7) is 10.4. The van der Waals surface area contributed by atoms with Gasteiger partial charge in [-0.05, 0) is 68.0 Å². The highest BCUT2D eigenvalue weighted by Gasteiger charge is 2.70. The maximum atomic E-state index is 15.1. The number of nitrogens with zero attached hydrogens (tertiary/aromatic N) is 1. The van der Waals surface area contributed by atoms with E-state index in [2.05, 4.69) is 50.1 Å². The SMILES string of the molecule is CC1=C[C@H]2N(c3ccc(C)cc31)[C@H](C(=O)c1ccc(C)cc1)[C@@H](C(=O)c1ccc(CC(C)C)cc1)[C@]21C(=O)Nc2ccccc21. The summed E-state index contributed by atoms with van der Waals surface area (Å²) in [4.78, 5) is 46.7. The van der Waals surface area contributed by atoms with E-state index < -0.39 is 23.4 Å². The van der Waals surface area contributed by atoms with Crippen molar-refractivity contribution in [2.24, 2.45) is 11.8 Å². The molecule has 7 rings (SSSR count). The van der Waals surface area contributed by atoms with Gasteiger partial charge in [0.05, 0.1) is 12.0 Å². The number of hydrogen-bond donors (Lipinski definition) is 1. The molecule has 0 saturated carbocycles. The zero-order chi connectivity index (χ0) is 31.6. The van der Waals surface area contributed by atoms with Crippen molar-refractivity contribution in [2.75, 3.05) is 10.2 Å². The number of Topliss-reactive ketones (excluding diaryl/α,β-unsaturated/α-hetero) is 2. The monoisotopic (exact) mass is 594 g/mol. The number of ketones is 2. The first kappa shape index (κ1) is 29.0. The first-order chi connectivity index (χ1) is 21.6. The minimum absolute atomic E-state index is 0.164. The molecule has 226 valence electrons. The normalized spacial score (nSPS) is 23.0. The summed E-state index contributed by atoms with van der Waals surface area (Å²) < 4.78 is 0. The van der Waals surface area contributed by atoms with Crippen LogP contribution in [0.4, 0.5) is 11.4 Å². The van der Waals surface area contributed by atoms with E-state index in [1.54, 1.807) is 0 Å². The summed E-state index contributed by atoms with van der Waals surface area (Å²) in [5.74, 6) is -1.10. The molecule has 3 aliphatic heterocycles. The van der Waals surface area contributed by atoms with Crippen molar-refractivity contribution in [1.82, 2.24) is 0 Å². The van der Waals surface area contributed by atoms with Gasteiger partial charge in [0.25, 0.3) is 0 Å². The van der Waals surface area contributed by atoms with Crippen LogP contribution in [0, 0.1) is 25.7 Å². The molecule has 0 aliphatic carbocycles. The van der Waals surface area contributed by atoms with Gasteiger partial charge in [0, 0.05) is 28.1 Å². The molecule has 1 amide bonds. The summed E-state index contributed by atoms with van der Waals surface area (Å²) >= 11 is 0. The lowest BCUT2D eigenvalue weighted by Crippen LogP contribution is -2.51. The maximum Gasteiger partial charge on any atom is 0.238 e. The Hall–Kier alpha value is -4.77. The molecule has 5 heteroatoms. The molecule has 45 heavy (non-hydrogen) atoms. The van der Waals surface area contributed by atoms with Crippen LogP contribution >= 0.6 is 0 Å². The van der Waals surface area contributed by atoms with E-state index in [4.69, 9.17) is 0 Å². The van der Waals surface area contributed by atoms with Gasteiger partial charge < -0.3 is 10.2 Å². The number of carbonyl (C=O) groups is 3. The average molecular weight is 595 g/mol. The molecule has 3 aliphatic rings. The Bertz CT molecular complexity index is 1890. The van der Waals surface area contributed by atoms with Crippen molar-refractivity contribution in [2.45, 2.75) is 58.5 Å². The van der Waals surface area contributed by atoms with Gasteiger partial charge in [0.2, 0.25) is 5.91 Å². The van der Waals surface area contributed by atoms with Gasteiger partial charge in [-0.15, -0.1) is 0 Å². The third-order valence-corrected chi connectivity index (χ3v) is 9.90. The summed E-state index contributed by atoms with van der Waals surface area (Å²) in [7, 11) is 0. The summed E-state index contributed by atoms with van der Waals surface area (Å²) in [6, 6.07) is 27.7. The fourth-order valence-electron chi connectivity index (χ4n) is 7.89. The van der Waals surface area contributed by atoms with Gasteiger partial charge in [-0.1, -0.05) is 104 Å². The molecule has 1 N–H and O–H groups in total. The number of anilines is 2. The minimum atomic E-state index is -1.32. The van der Waals surface area contributed by atoms with Gasteiger partial charge >= 0.3 is 0 Å². The molecule has 0 radical (unpaired) electrons. The van der Waals surface area contributed by atoms with E-state index in [0.717, 1.165) is 45.5 Å². The highest BCUT2D eigenvalue weighted by atomic mass is 16.2. The van der Waals surface area contributed by atoms with Crippen molar-refractivity contribution in [3.05, 3.63) is 136 Å². The van der Waals surface area contributed by atoms with Gasteiger partial charge in [-0.2, -0.15) is 0 Å². The third-order valence-electron chi connectivity index (χ3n) is 9.90. The fourth-order valence-corrected chi connectivity index (χ4v) is 7.89. The predicted molar refractivity (Wildman–Crippen MR) is 180 cm³/mol. The number of nitrogens with one attached hydrogen (secondary N) is 1. The second kappa shape index (κ2) is 10.7. The highest BCUT2D eigenvalue weighted by Crippen LogP contribution is 2.59. The number of rotatable bonds is 6. The molecule has 1 saturated heterocycles. The van der Waals surface area contributed by atoms with E-state index in [9.17, 15) is 9.59 Å². The molecule has 1 spiro atoms. The van der Waals surface area contributed by atoms with E-state index in [1.165, 1.54) is 0 Å². The molecule has 1 fully saturated rings. The number of allylic oxidation sites excluding steroid dienone is 1. The van der Waals surface area contributed by atoms with Crippen LogP contribution in [0.15, 0.2) is 97.1 Å². The van der Waals surface area contributed by atoms with Crippen LogP contribution in [0.2, 0.25) is 0 Å². The Morgan fingerprint density at radius 2 is 1.47 bits per heavy atom. The molecular weight excluding hydrogens is 556 g/mol. The van der Waals surface area contributed by atoms with E-state index in [0.29, 0.717) is 22.7 Å². The molecule has 0 bridgehead atoms. The van der Waals surface area contributed by atoms with Crippen molar-refractivity contribution < 1.29 is 14.4 Å². The van der Waals surface area contributed by atoms with Crippen LogP contribution in [-0.2, 0) is 16.6 Å². The number of hydrogen-bond acceptors (Lipinski definition) is 4. The molecule has 4 aromatic carbocycles. The lowest BCUT2D eigenvalue weighted by atomic mass is 9.64. The van der Waals surface area contributed by atoms with Gasteiger partial charge in [0.1, 0.15) is 11.5 Å². The Kier molecular flexibility index (Phi) is 6.88. The van der Waals surface area contributed by atoms with Crippen molar-refractivity contribution in [3.63, 3.8) is 0 Å². The molecule has 3 heterocycles. The molecule has 4 aromatic rings. The zero-order valence-corrected chi connectivity index (χ0v) is 26.4. The quantitative estimate of drug-likeness (QED) is 0.232. The van der Waals surface area contributed by atoms with E-state index in [1.807, 2.05) is 91.9 Å². The van der Waals surface area contributed by atoms with Gasteiger partial charge in [-0.3, -0.25) is 14.4 Å². The number of benzene rings is 4. The van der Waals surface area contributed by atoms with Crippen LogP contribution < -0.4 is 10.2 Å². The second-order valence-corrected chi connectivity index (χ2v) is 13.4. The van der Waals surface area contributed by atoms with Crippen LogP contribution in [-0.4, -0.2) is 29.6 Å². The number of fused-ring (bicyclic) bond motifs is 6. The first-order valence-electron chi connectivity index (χ1n) is 15.8. The summed E-state index contributed by atoms with van der Waals surface area (Å²) in [5, 5.41) is 3.13. The standard InChI is InChI=1S/C40H38N2O3/c1-23(2)20-27-13-17-28(18-14-27)37(43)35-36(38(44)29-15-10-24(3)11-16-29)42-33-19-12-25(4)21-30(33)26(5)22-34(42)40(35)31-8-6-7-9-32(31)41-39(40)45/h6-19,21-23,34-36H,20H2,1-5H3,(H,41,45)/t34-,35+,36+,40-/m1/s1. The smallest absolute Gasteiger partial charge is 0.238 e. The predicted octanol–water partition coefficient (Wildman–Crippen LogP) is 7.75. The highest BCUT2D eigenvalue weighted by molar-refractivity contribution is 6.18. The Morgan fingerprint density at radius 1 is 0.822 bits per heavy atom. The average Bonchev–Trinajstić information content (AvgIpc) is 3.49. The Morgan fingerprint density at radius 3 is 2.18 bits per heavy atom. The second-order valence-electron chi connectivity index (χ2n) is 13.4. The topological polar surface area (TPSA) is 66.5 Å². The first-order valence-corrected chi connectivity index (χ1v) is 15.8. The number of amides is 1. The molecule has 4 atom stereocenters. The summed E-state index contributed by atoms with van der Waals surface area (Å²) in [6.07, 6.45) is 3.01. The van der Waals surface area contributed by atoms with Crippen LogP contribution in [0.1, 0.15) is 69.3 Å². The Balaban J connectivity index is 1.50. The molecular formula is C40H38N2O3. The van der Waals surface area contributed by atoms with Crippen LogP contribution in [0.25, 0.3) is 5.57 Å². The summed E-state index contributed by atoms with van der Waals surface area (Å²) in [5.41, 5.74) is 7.38. The lowest BCUT2D eigenvalue weighted by Gasteiger charge is -2.39. The third kappa shape index (κ3) is 4.40. The minimum Gasteiger partial charge on any atom is -0.352 e. The van der Waals surface area contributed by atoms with Crippen LogP contribution in [0.3, 0.4) is 0 Å². The lowest BCUT2D eigenvalue weighted by molar-refractivity contribution is -0.121. The van der Waals surface area contributed by atoms with E-state index in [-0.39, 0.29) is 17.5 Å². The van der Waals surface area contributed by atoms with E-state index >= 15 is 4.79 Å². The number of para-hydroxylation sites is 1. The molecule has 0 aromatic heterocycles. The Labute approximate surface area is 265 Å². The van der Waals surface area contributed by atoms with Crippen molar-refractivity contribution >= 4 is 34.4 Å². The van der Waals surface area contributed by atoms with Gasteiger partial charge in [0.15, 0.2) is 11.6 Å². The number of carbonyl (C=O) groups excluding carboxylic acids is 3. The molecule has 0 unspecified atom stereocenters. The number of aryl methyl sites for hydroxylation is 2. The largest absolute Gasteiger partial charge is 0.352 e. The zero-order valence-electron chi connectivity index (χ0n) is 26.4. The van der Waals surface area contributed by atoms with Gasteiger partial charge in [-0.25, -0.2) is 0 Å². The van der Waals surface area contributed by atoms with Crippen molar-refractivity contribution in [3.8, 4) is 0 Å². The van der Waals surface area contributed by atoms with Crippen molar-refractivity contribution in [1.29, 1.82) is 0 Å². The maximum absolute atomic E-state index is 15.1.